The zero-order valence-corrected chi connectivity index (χ0v) is 16.3. The summed E-state index contributed by atoms with van der Waals surface area (Å²) in [5.74, 6) is 1.33. The molecule has 1 aliphatic rings. The largest absolute Gasteiger partial charge is 0.493 e. The van der Waals surface area contributed by atoms with Crippen LogP contribution in [-0.4, -0.2) is 30.1 Å². The smallest absolute Gasteiger partial charge is 0.171 e. The molecular formula is C19H19Cl2NO2S. The number of para-hydroxylation sites is 1. The van der Waals surface area contributed by atoms with Gasteiger partial charge in [-0.3, -0.25) is 0 Å². The maximum atomic E-state index is 6.08. The summed E-state index contributed by atoms with van der Waals surface area (Å²) in [7, 11) is 1.63. The maximum absolute atomic E-state index is 6.08. The van der Waals surface area contributed by atoms with E-state index < -0.39 is 0 Å². The van der Waals surface area contributed by atoms with Gasteiger partial charge < -0.3 is 14.4 Å². The first-order valence-corrected chi connectivity index (χ1v) is 9.29. The predicted molar refractivity (Wildman–Crippen MR) is 106 cm³/mol. The Morgan fingerprint density at radius 1 is 1.12 bits per heavy atom. The Morgan fingerprint density at radius 2 is 1.88 bits per heavy atom. The van der Waals surface area contributed by atoms with Gasteiger partial charge in [-0.25, -0.2) is 0 Å². The van der Waals surface area contributed by atoms with Crippen LogP contribution >= 0.6 is 35.4 Å². The first-order chi connectivity index (χ1) is 12.1. The minimum atomic E-state index is 0.354. The monoisotopic (exact) mass is 395 g/mol. The van der Waals surface area contributed by atoms with E-state index in [1.54, 1.807) is 19.2 Å². The molecule has 0 N–H and O–H groups in total. The van der Waals surface area contributed by atoms with Gasteiger partial charge in [-0.1, -0.05) is 47.6 Å². The summed E-state index contributed by atoms with van der Waals surface area (Å²) in [6.07, 6.45) is 2.34. The Bertz CT molecular complexity index is 776. The lowest BCUT2D eigenvalue weighted by Gasteiger charge is -2.22. The Labute approximate surface area is 163 Å². The molecule has 2 aromatic carbocycles. The van der Waals surface area contributed by atoms with E-state index in [9.17, 15) is 0 Å². The van der Waals surface area contributed by atoms with Crippen LogP contribution in [0.1, 0.15) is 24.0 Å². The highest BCUT2D eigenvalue weighted by Crippen LogP contribution is 2.34. The Hall–Kier alpha value is -1.49. The molecule has 0 radical (unpaired) electrons. The lowest BCUT2D eigenvalue weighted by molar-refractivity contribution is 0.283. The summed E-state index contributed by atoms with van der Waals surface area (Å²) in [5, 5.41) is 1.04. The van der Waals surface area contributed by atoms with Crippen molar-refractivity contribution >= 4 is 40.4 Å². The molecule has 0 atom stereocenters. The minimum Gasteiger partial charge on any atom is -0.493 e. The highest BCUT2D eigenvalue weighted by molar-refractivity contribution is 7.80. The van der Waals surface area contributed by atoms with Crippen molar-refractivity contribution in [3.05, 3.63) is 57.6 Å². The Kier molecular flexibility index (Phi) is 6.05. The third-order valence-electron chi connectivity index (χ3n) is 4.19. The van der Waals surface area contributed by atoms with Crippen LogP contribution in [0.15, 0.2) is 36.4 Å². The molecule has 2 aromatic rings. The second-order valence-electron chi connectivity index (χ2n) is 5.87. The first kappa shape index (κ1) is 18.3. The van der Waals surface area contributed by atoms with Crippen molar-refractivity contribution in [3.63, 3.8) is 0 Å². The van der Waals surface area contributed by atoms with Crippen LogP contribution in [0.3, 0.4) is 0 Å². The van der Waals surface area contributed by atoms with Gasteiger partial charge in [0.2, 0.25) is 0 Å². The average molecular weight is 396 g/mol. The van der Waals surface area contributed by atoms with Crippen molar-refractivity contribution in [2.75, 3.05) is 20.2 Å². The fourth-order valence-electron chi connectivity index (χ4n) is 2.87. The van der Waals surface area contributed by atoms with E-state index >= 15 is 0 Å². The molecule has 0 unspecified atom stereocenters. The van der Waals surface area contributed by atoms with Crippen molar-refractivity contribution < 1.29 is 9.47 Å². The molecule has 132 valence electrons. The van der Waals surface area contributed by atoms with Gasteiger partial charge >= 0.3 is 0 Å². The number of benzene rings is 2. The van der Waals surface area contributed by atoms with Gasteiger partial charge in [0.15, 0.2) is 11.5 Å². The van der Waals surface area contributed by atoms with Crippen molar-refractivity contribution in [3.8, 4) is 11.5 Å². The second kappa shape index (κ2) is 8.26. The van der Waals surface area contributed by atoms with Gasteiger partial charge in [0, 0.05) is 13.1 Å². The van der Waals surface area contributed by atoms with Crippen LogP contribution in [0.4, 0.5) is 0 Å². The third kappa shape index (κ3) is 4.20. The standard InChI is InChI=1S/C19H19Cl2NO2S/c1-23-17-6-4-5-14(19(25)22-9-2-3-10-22)18(17)24-12-13-7-8-15(20)16(21)11-13/h4-8,11H,2-3,9-10,12H2,1H3. The Balaban J connectivity index is 1.85. The highest BCUT2D eigenvalue weighted by Gasteiger charge is 2.21. The summed E-state index contributed by atoms with van der Waals surface area (Å²) in [6.45, 7) is 2.33. The number of likely N-dealkylation sites (tertiary alicyclic amines) is 1. The quantitative estimate of drug-likeness (QED) is 0.635. The second-order valence-corrected chi connectivity index (χ2v) is 7.07. The molecule has 6 heteroatoms. The average Bonchev–Trinajstić information content (AvgIpc) is 3.16. The van der Waals surface area contributed by atoms with Gasteiger partial charge in [-0.15, -0.1) is 0 Å². The summed E-state index contributed by atoms with van der Waals surface area (Å²) in [4.78, 5) is 3.02. The van der Waals surface area contributed by atoms with Gasteiger partial charge in [0.05, 0.1) is 22.7 Å². The van der Waals surface area contributed by atoms with E-state index in [2.05, 4.69) is 4.90 Å². The number of thiocarbonyl (C=S) groups is 1. The fourth-order valence-corrected chi connectivity index (χ4v) is 3.53. The van der Waals surface area contributed by atoms with Crippen LogP contribution in [0.2, 0.25) is 10.0 Å². The molecule has 1 fully saturated rings. The number of hydrogen-bond donors (Lipinski definition) is 0. The topological polar surface area (TPSA) is 21.7 Å². The van der Waals surface area contributed by atoms with Crippen LogP contribution in [0.25, 0.3) is 0 Å². The number of ether oxygens (including phenoxy) is 2. The molecule has 3 nitrogen and oxygen atoms in total. The van der Waals surface area contributed by atoms with E-state index in [4.69, 9.17) is 44.9 Å². The van der Waals surface area contributed by atoms with Crippen LogP contribution in [-0.2, 0) is 6.61 Å². The molecule has 0 spiro atoms. The molecule has 1 heterocycles. The van der Waals surface area contributed by atoms with Crippen molar-refractivity contribution in [2.45, 2.75) is 19.4 Å². The summed E-state index contributed by atoms with van der Waals surface area (Å²) >= 11 is 17.7. The fraction of sp³-hybridized carbons (Fsp3) is 0.316. The van der Waals surface area contributed by atoms with Gasteiger partial charge in [-0.05, 0) is 42.7 Å². The minimum absolute atomic E-state index is 0.354. The van der Waals surface area contributed by atoms with Gasteiger partial charge in [-0.2, -0.15) is 0 Å². The van der Waals surface area contributed by atoms with E-state index in [1.807, 2.05) is 24.3 Å². The molecule has 0 saturated carbocycles. The predicted octanol–water partition coefficient (Wildman–Crippen LogP) is 5.35. The molecule has 0 amide bonds. The van der Waals surface area contributed by atoms with E-state index in [0.717, 1.165) is 29.2 Å². The molecule has 1 aliphatic heterocycles. The van der Waals surface area contributed by atoms with Gasteiger partial charge in [0.25, 0.3) is 0 Å². The van der Waals surface area contributed by atoms with Crippen molar-refractivity contribution in [1.29, 1.82) is 0 Å². The lowest BCUT2D eigenvalue weighted by Crippen LogP contribution is -2.27. The number of methoxy groups -OCH3 is 1. The molecule has 1 saturated heterocycles. The zero-order chi connectivity index (χ0) is 17.8. The van der Waals surface area contributed by atoms with Gasteiger partial charge in [0.1, 0.15) is 11.6 Å². The molecule has 3 rings (SSSR count). The normalized spacial score (nSPS) is 13.8. The number of rotatable bonds is 5. The van der Waals surface area contributed by atoms with Crippen LogP contribution < -0.4 is 9.47 Å². The van der Waals surface area contributed by atoms with Crippen LogP contribution in [0.5, 0.6) is 11.5 Å². The molecule has 0 aromatic heterocycles. The lowest BCUT2D eigenvalue weighted by atomic mass is 10.1. The van der Waals surface area contributed by atoms with E-state index in [-0.39, 0.29) is 0 Å². The summed E-state index contributed by atoms with van der Waals surface area (Å²) in [6, 6.07) is 11.2. The number of hydrogen-bond acceptors (Lipinski definition) is 3. The molecule has 0 aliphatic carbocycles. The molecule has 0 bridgehead atoms. The van der Waals surface area contributed by atoms with Crippen molar-refractivity contribution in [1.82, 2.24) is 4.90 Å². The molecule has 25 heavy (non-hydrogen) atoms. The first-order valence-electron chi connectivity index (χ1n) is 8.13. The van der Waals surface area contributed by atoms with E-state index in [0.29, 0.717) is 28.2 Å². The SMILES string of the molecule is COc1cccc(C(=S)N2CCCC2)c1OCc1ccc(Cl)c(Cl)c1. The van der Waals surface area contributed by atoms with Crippen molar-refractivity contribution in [2.24, 2.45) is 0 Å². The summed E-state index contributed by atoms with van der Waals surface area (Å²) < 4.78 is 11.6. The molecular weight excluding hydrogens is 377 g/mol. The number of nitrogens with zero attached hydrogens (tertiary/aromatic N) is 1. The summed E-state index contributed by atoms with van der Waals surface area (Å²) in [5.41, 5.74) is 1.81. The highest BCUT2D eigenvalue weighted by atomic mass is 35.5. The maximum Gasteiger partial charge on any atom is 0.171 e. The zero-order valence-electron chi connectivity index (χ0n) is 13.9. The number of halogens is 2. The van der Waals surface area contributed by atoms with E-state index in [1.165, 1.54) is 12.8 Å². The van der Waals surface area contributed by atoms with Crippen LogP contribution in [0, 0.1) is 0 Å². The third-order valence-corrected chi connectivity index (χ3v) is 5.41. The Morgan fingerprint density at radius 3 is 2.56 bits per heavy atom.